The number of anilines is 6. The zero-order valence-corrected chi connectivity index (χ0v) is 42.1. The summed E-state index contributed by atoms with van der Waals surface area (Å²) in [7, 11) is 0. The zero-order valence-electron chi connectivity index (χ0n) is 42.1. The van der Waals surface area contributed by atoms with Crippen LogP contribution in [0.2, 0.25) is 0 Å². The van der Waals surface area contributed by atoms with Gasteiger partial charge in [-0.25, -0.2) is 0 Å². The third kappa shape index (κ3) is 6.78. The predicted molar refractivity (Wildman–Crippen MR) is 314 cm³/mol. The molecule has 0 bridgehead atoms. The first-order chi connectivity index (χ1) is 36.2. The molecule has 0 unspecified atom stereocenters. The van der Waals surface area contributed by atoms with Crippen molar-refractivity contribution in [3.8, 4) is 44.5 Å². The molecule has 0 spiro atoms. The summed E-state index contributed by atoms with van der Waals surface area (Å²) in [6.45, 7) is 9.56. The Kier molecular flexibility index (Phi) is 9.94. The van der Waals surface area contributed by atoms with Gasteiger partial charge in [-0.05, 0) is 184 Å². The Hall–Kier alpha value is -8.98. The molecule has 74 heavy (non-hydrogen) atoms. The molecule has 0 atom stereocenters. The Balaban J connectivity index is 1.10. The Labute approximate surface area is 434 Å². The van der Waals surface area contributed by atoms with Gasteiger partial charge in [0.05, 0.1) is 0 Å². The van der Waals surface area contributed by atoms with Crippen LogP contribution in [0.15, 0.2) is 255 Å². The summed E-state index contributed by atoms with van der Waals surface area (Å²) in [5, 5.41) is 7.27. The average Bonchev–Trinajstić information content (AvgIpc) is 3.89. The molecule has 0 aliphatic heterocycles. The van der Waals surface area contributed by atoms with Crippen molar-refractivity contribution in [2.45, 2.75) is 38.5 Å². The van der Waals surface area contributed by atoms with Crippen LogP contribution in [-0.4, -0.2) is 0 Å². The number of benzene rings is 12. The number of nitrogens with zero attached hydrogens (tertiary/aromatic N) is 2. The van der Waals surface area contributed by atoms with E-state index in [2.05, 4.69) is 292 Å². The molecule has 0 fully saturated rings. The predicted octanol–water partition coefficient (Wildman–Crippen LogP) is 20.0. The van der Waals surface area contributed by atoms with Gasteiger partial charge in [-0.15, -0.1) is 0 Å². The molecule has 2 aliphatic rings. The highest BCUT2D eigenvalue weighted by Gasteiger charge is 2.37. The average molecular weight is 947 g/mol. The first kappa shape index (κ1) is 43.8. The minimum atomic E-state index is -0.174. The van der Waals surface area contributed by atoms with Crippen molar-refractivity contribution in [3.05, 3.63) is 277 Å². The van der Waals surface area contributed by atoms with E-state index in [1.165, 1.54) is 99.1 Å². The molecule has 0 N–H and O–H groups in total. The van der Waals surface area contributed by atoms with E-state index in [0.717, 1.165) is 34.1 Å². The van der Waals surface area contributed by atoms with Gasteiger partial charge in [-0.1, -0.05) is 198 Å². The van der Waals surface area contributed by atoms with E-state index in [9.17, 15) is 0 Å². The molecule has 14 rings (SSSR count). The van der Waals surface area contributed by atoms with Gasteiger partial charge in [0.25, 0.3) is 0 Å². The lowest BCUT2D eigenvalue weighted by atomic mass is 9.79. The lowest BCUT2D eigenvalue weighted by molar-refractivity contribution is 0.660. The van der Waals surface area contributed by atoms with Crippen molar-refractivity contribution in [2.75, 3.05) is 9.80 Å². The van der Waals surface area contributed by atoms with Crippen LogP contribution >= 0.6 is 0 Å². The first-order valence-corrected chi connectivity index (χ1v) is 26.0. The molecule has 12 aromatic carbocycles. The summed E-state index contributed by atoms with van der Waals surface area (Å²) in [5.41, 5.74) is 21.9. The Bertz CT molecular complexity index is 4150. The van der Waals surface area contributed by atoms with Crippen LogP contribution in [0.3, 0.4) is 0 Å². The first-order valence-electron chi connectivity index (χ1n) is 26.0. The van der Waals surface area contributed by atoms with E-state index in [0.29, 0.717) is 0 Å². The van der Waals surface area contributed by atoms with Gasteiger partial charge < -0.3 is 9.80 Å². The van der Waals surface area contributed by atoms with Crippen LogP contribution in [0.4, 0.5) is 34.1 Å². The van der Waals surface area contributed by atoms with Gasteiger partial charge >= 0.3 is 0 Å². The monoisotopic (exact) mass is 946 g/mol. The molecule has 0 saturated heterocycles. The van der Waals surface area contributed by atoms with E-state index < -0.39 is 0 Å². The van der Waals surface area contributed by atoms with Crippen molar-refractivity contribution in [3.63, 3.8) is 0 Å². The number of hydrogen-bond acceptors (Lipinski definition) is 2. The molecule has 0 aromatic heterocycles. The molecule has 2 nitrogen and oxygen atoms in total. The second-order valence-corrected chi connectivity index (χ2v) is 21.3. The second kappa shape index (κ2) is 16.8. The van der Waals surface area contributed by atoms with Crippen LogP contribution in [0, 0.1) is 0 Å². The van der Waals surface area contributed by atoms with Gasteiger partial charge in [0.15, 0.2) is 0 Å². The number of hydrogen-bond donors (Lipinski definition) is 0. The fourth-order valence-corrected chi connectivity index (χ4v) is 12.8. The normalized spacial score (nSPS) is 13.6. The second-order valence-electron chi connectivity index (χ2n) is 21.3. The number of fused-ring (bicyclic) bond motifs is 9. The van der Waals surface area contributed by atoms with Crippen molar-refractivity contribution >= 4 is 66.4 Å². The summed E-state index contributed by atoms with van der Waals surface area (Å²) < 4.78 is 0. The highest BCUT2D eigenvalue weighted by molar-refractivity contribution is 6.23. The number of para-hydroxylation sites is 3. The maximum atomic E-state index is 2.51. The van der Waals surface area contributed by atoms with E-state index in [-0.39, 0.29) is 10.8 Å². The van der Waals surface area contributed by atoms with Crippen molar-refractivity contribution in [2.24, 2.45) is 0 Å². The summed E-state index contributed by atoms with van der Waals surface area (Å²) in [6, 6.07) is 94.9. The summed E-state index contributed by atoms with van der Waals surface area (Å²) >= 11 is 0. The summed E-state index contributed by atoms with van der Waals surface area (Å²) in [4.78, 5) is 4.83. The highest BCUT2D eigenvalue weighted by atomic mass is 15.1. The minimum absolute atomic E-state index is 0.173. The van der Waals surface area contributed by atoms with Crippen molar-refractivity contribution in [1.82, 2.24) is 0 Å². The topological polar surface area (TPSA) is 6.48 Å². The Morgan fingerprint density at radius 3 is 1.08 bits per heavy atom. The summed E-state index contributed by atoms with van der Waals surface area (Å²) in [6.07, 6.45) is 0. The third-order valence-electron chi connectivity index (χ3n) is 16.4. The van der Waals surface area contributed by atoms with Crippen LogP contribution in [0.1, 0.15) is 49.9 Å². The van der Waals surface area contributed by atoms with Crippen molar-refractivity contribution < 1.29 is 0 Å². The van der Waals surface area contributed by atoms with E-state index in [1.807, 2.05) is 0 Å². The fraction of sp³-hybridized carbons (Fsp3) is 0.0833. The maximum absolute atomic E-state index is 2.51. The molecular formula is C72H54N2. The number of rotatable bonds is 8. The lowest BCUT2D eigenvalue weighted by Crippen LogP contribution is -2.15. The Morgan fingerprint density at radius 2 is 0.608 bits per heavy atom. The van der Waals surface area contributed by atoms with Crippen LogP contribution in [-0.2, 0) is 10.8 Å². The SMILES string of the molecule is CC1(C)c2ccccc2-c2ccc(-c3c4ccc(N(c5ccccc5)c5ccc6ccccc6c5)cc4c(-c4ccc5c(c4)C(C)(C)c4ccccc4-5)c4ccc(N(c5ccccc5)c5ccccc5)cc34)cc21. The summed E-state index contributed by atoms with van der Waals surface area (Å²) in [5.74, 6) is 0. The Morgan fingerprint density at radius 1 is 0.243 bits per heavy atom. The molecular weight excluding hydrogens is 893 g/mol. The molecule has 0 heterocycles. The van der Waals surface area contributed by atoms with Crippen LogP contribution in [0.5, 0.6) is 0 Å². The van der Waals surface area contributed by atoms with Crippen LogP contribution < -0.4 is 9.80 Å². The molecule has 2 heteroatoms. The third-order valence-corrected chi connectivity index (χ3v) is 16.4. The van der Waals surface area contributed by atoms with Crippen LogP contribution in [0.25, 0.3) is 76.8 Å². The van der Waals surface area contributed by atoms with Gasteiger partial charge in [0, 0.05) is 45.0 Å². The van der Waals surface area contributed by atoms with E-state index in [1.54, 1.807) is 0 Å². The van der Waals surface area contributed by atoms with E-state index in [4.69, 9.17) is 0 Å². The minimum Gasteiger partial charge on any atom is -0.310 e. The molecule has 352 valence electrons. The quantitative estimate of drug-likeness (QED) is 0.140. The fourth-order valence-electron chi connectivity index (χ4n) is 12.8. The zero-order chi connectivity index (χ0) is 49.7. The van der Waals surface area contributed by atoms with Gasteiger partial charge in [-0.2, -0.15) is 0 Å². The molecule has 0 saturated carbocycles. The molecule has 12 aromatic rings. The molecule has 0 radical (unpaired) electrons. The van der Waals surface area contributed by atoms with Crippen molar-refractivity contribution in [1.29, 1.82) is 0 Å². The smallest absolute Gasteiger partial charge is 0.0468 e. The maximum Gasteiger partial charge on any atom is 0.0468 e. The molecule has 2 aliphatic carbocycles. The van der Waals surface area contributed by atoms with E-state index >= 15 is 0 Å². The highest BCUT2D eigenvalue weighted by Crippen LogP contribution is 2.55. The van der Waals surface area contributed by atoms with Gasteiger partial charge in [-0.3, -0.25) is 0 Å². The lowest BCUT2D eigenvalue weighted by Gasteiger charge is -2.29. The standard InChI is InChI=1S/C72H54N2/c1-71(2)65-30-18-16-28-57(65)59-38-33-49(43-67(59)71)69-62-41-37-56(74(53-26-12-7-13-27-53)54-35-32-47-20-14-15-21-48(47)42-54)46-64(62)70(50-34-39-60-58-29-17-19-31-66(58)72(3,4)68(60)44-50)61-40-36-55(45-63(61)69)73(51-22-8-5-9-23-51)52-24-10-6-11-25-52/h5-46H,1-4H3. The van der Waals surface area contributed by atoms with Gasteiger partial charge in [0.2, 0.25) is 0 Å². The largest absolute Gasteiger partial charge is 0.310 e. The molecule has 0 amide bonds. The van der Waals surface area contributed by atoms with Gasteiger partial charge in [0.1, 0.15) is 0 Å².